The third kappa shape index (κ3) is 3.18. The summed E-state index contributed by atoms with van der Waals surface area (Å²) in [7, 11) is 0. The molecule has 0 unspecified atom stereocenters. The van der Waals surface area contributed by atoms with Crippen LogP contribution in [-0.2, 0) is 4.79 Å². The van der Waals surface area contributed by atoms with Crippen LogP contribution in [0.5, 0.6) is 0 Å². The number of carbonyl (C=O) groups excluding carboxylic acids is 1. The van der Waals surface area contributed by atoms with E-state index >= 15 is 0 Å². The summed E-state index contributed by atoms with van der Waals surface area (Å²) in [4.78, 5) is 10.5. The smallest absolute Gasteiger partial charge is 0.274 e. The first-order valence-corrected chi connectivity index (χ1v) is 3.72. The molecule has 0 aromatic heterocycles. The lowest BCUT2D eigenvalue weighted by Crippen LogP contribution is -2.51. The van der Waals surface area contributed by atoms with Crippen LogP contribution in [-0.4, -0.2) is 67.7 Å². The predicted octanol–water partition coefficient (Wildman–Crippen LogP) is -4.07. The topological polar surface area (TPSA) is 150 Å². The molecule has 0 rings (SSSR count). The molecule has 0 spiro atoms. The Hall–Kier alpha value is -0.770. The van der Waals surface area contributed by atoms with E-state index in [1.54, 1.807) is 0 Å². The van der Waals surface area contributed by atoms with Gasteiger partial charge in [0.1, 0.15) is 18.3 Å². The Morgan fingerprint density at radius 2 is 1.64 bits per heavy atom. The number of amides is 1. The lowest BCUT2D eigenvalue weighted by atomic mass is 10.0. The van der Waals surface area contributed by atoms with Gasteiger partial charge in [-0.25, -0.2) is 5.48 Å². The quantitative estimate of drug-likeness (QED) is 0.180. The van der Waals surface area contributed by atoms with Crippen molar-refractivity contribution >= 4 is 5.91 Å². The van der Waals surface area contributed by atoms with E-state index in [0.717, 1.165) is 5.48 Å². The van der Waals surface area contributed by atoms with Gasteiger partial charge in [0.2, 0.25) is 0 Å². The van der Waals surface area contributed by atoms with E-state index in [-0.39, 0.29) is 0 Å². The zero-order valence-electron chi connectivity index (χ0n) is 7.11. The Bertz CT molecular complexity index is 187. The number of rotatable bonds is 5. The summed E-state index contributed by atoms with van der Waals surface area (Å²) in [5.74, 6) is -1.33. The van der Waals surface area contributed by atoms with E-state index in [4.69, 9.17) is 30.7 Å². The summed E-state index contributed by atoms with van der Waals surface area (Å²) < 4.78 is 0. The summed E-state index contributed by atoms with van der Waals surface area (Å²) in [5, 5.41) is 52.3. The number of carbonyl (C=O) groups is 1. The summed E-state index contributed by atoms with van der Waals surface area (Å²) in [6.07, 6.45) is -7.70. The van der Waals surface area contributed by atoms with Crippen molar-refractivity contribution in [2.45, 2.75) is 24.4 Å². The van der Waals surface area contributed by atoms with Gasteiger partial charge >= 0.3 is 0 Å². The molecule has 8 nitrogen and oxygen atoms in total. The molecule has 0 aromatic carbocycles. The molecule has 8 heteroatoms. The molecule has 0 bridgehead atoms. The molecule has 0 saturated carbocycles. The van der Waals surface area contributed by atoms with E-state index in [9.17, 15) is 4.79 Å². The van der Waals surface area contributed by atoms with E-state index in [1.165, 1.54) is 0 Å². The minimum Gasteiger partial charge on any atom is -0.394 e. The van der Waals surface area contributed by atoms with Crippen LogP contribution in [0.3, 0.4) is 0 Å². The van der Waals surface area contributed by atoms with Gasteiger partial charge in [-0.2, -0.15) is 0 Å². The highest BCUT2D eigenvalue weighted by Gasteiger charge is 2.33. The third-order valence-corrected chi connectivity index (χ3v) is 1.63. The average Bonchev–Trinajstić information content (AvgIpc) is 2.23. The lowest BCUT2D eigenvalue weighted by molar-refractivity contribution is -0.156. The number of hydrogen-bond donors (Lipinski definition) is 7. The van der Waals surface area contributed by atoms with Gasteiger partial charge < -0.3 is 25.5 Å². The summed E-state index contributed by atoms with van der Waals surface area (Å²) in [6.45, 7) is -0.842. The minimum atomic E-state index is -2.10. The van der Waals surface area contributed by atoms with Gasteiger partial charge in [-0.3, -0.25) is 10.0 Å². The highest BCUT2D eigenvalue weighted by molar-refractivity contribution is 5.79. The van der Waals surface area contributed by atoms with E-state index in [1.807, 2.05) is 0 Å². The van der Waals surface area contributed by atoms with Crippen molar-refractivity contribution in [2.24, 2.45) is 0 Å². The van der Waals surface area contributed by atoms with Gasteiger partial charge in [-0.05, 0) is 0 Å². The van der Waals surface area contributed by atoms with Crippen LogP contribution in [0.2, 0.25) is 0 Å². The summed E-state index contributed by atoms with van der Waals surface area (Å²) in [5.41, 5.74) is 1.05. The molecule has 0 aromatic rings. The fourth-order valence-electron chi connectivity index (χ4n) is 0.744. The Morgan fingerprint density at radius 1 is 1.14 bits per heavy atom. The highest BCUT2D eigenvalue weighted by Crippen LogP contribution is 2.04. The van der Waals surface area contributed by atoms with Gasteiger partial charge in [0.15, 0.2) is 6.10 Å². The van der Waals surface area contributed by atoms with Crippen molar-refractivity contribution in [1.29, 1.82) is 0 Å². The second kappa shape index (κ2) is 5.86. The van der Waals surface area contributed by atoms with Crippen molar-refractivity contribution in [1.82, 2.24) is 5.48 Å². The van der Waals surface area contributed by atoms with Crippen LogP contribution in [0.1, 0.15) is 0 Å². The fraction of sp³-hybridized carbons (Fsp3) is 0.833. The second-order valence-electron chi connectivity index (χ2n) is 2.65. The molecule has 7 N–H and O–H groups in total. The summed E-state index contributed by atoms with van der Waals surface area (Å²) in [6, 6.07) is 0. The van der Waals surface area contributed by atoms with Crippen LogP contribution in [0.4, 0.5) is 0 Å². The Kier molecular flexibility index (Phi) is 5.53. The van der Waals surface area contributed by atoms with Crippen LogP contribution < -0.4 is 5.48 Å². The maximum atomic E-state index is 10.5. The number of aliphatic hydroxyl groups is 5. The zero-order valence-corrected chi connectivity index (χ0v) is 7.11. The Balaban J connectivity index is 4.30. The molecule has 1 amide bonds. The number of nitrogens with one attached hydrogen (secondary N) is 1. The number of aliphatic hydroxyl groups excluding tert-OH is 5. The van der Waals surface area contributed by atoms with Crippen LogP contribution in [0.25, 0.3) is 0 Å². The molecule has 0 aliphatic rings. The van der Waals surface area contributed by atoms with Crippen molar-refractivity contribution in [3.63, 3.8) is 0 Å². The molecule has 0 radical (unpaired) electrons. The molecule has 0 aliphatic heterocycles. The molecule has 0 saturated heterocycles. The Labute approximate surface area is 79.0 Å². The van der Waals surface area contributed by atoms with E-state index < -0.39 is 36.9 Å². The van der Waals surface area contributed by atoms with Crippen LogP contribution in [0.15, 0.2) is 0 Å². The SMILES string of the molecule is O=C(NO)[C@@H](O)[C@@H](O)[C@H](O)[C@@H](O)CO. The molecule has 0 fully saturated rings. The maximum Gasteiger partial charge on any atom is 0.274 e. The number of hydrogen-bond acceptors (Lipinski definition) is 7. The normalized spacial score (nSPS) is 19.6. The van der Waals surface area contributed by atoms with Gasteiger partial charge in [0.25, 0.3) is 5.91 Å². The highest BCUT2D eigenvalue weighted by atomic mass is 16.5. The standard InChI is InChI=1S/C6H13NO7/c8-1-2(9)3(10)4(11)5(12)6(13)7-14/h2-5,8-12,14H,1H2,(H,7,13)/t2-,3+,4-,5-/m0/s1. The van der Waals surface area contributed by atoms with E-state index in [2.05, 4.69) is 0 Å². The largest absolute Gasteiger partial charge is 0.394 e. The first kappa shape index (κ1) is 13.2. The van der Waals surface area contributed by atoms with Crippen LogP contribution in [0, 0.1) is 0 Å². The molecule has 14 heavy (non-hydrogen) atoms. The number of hydroxylamine groups is 1. The van der Waals surface area contributed by atoms with Gasteiger partial charge in [0.05, 0.1) is 6.61 Å². The van der Waals surface area contributed by atoms with Crippen molar-refractivity contribution < 1.29 is 35.5 Å². The van der Waals surface area contributed by atoms with Gasteiger partial charge in [-0.1, -0.05) is 0 Å². The molecule has 84 valence electrons. The first-order valence-electron chi connectivity index (χ1n) is 3.72. The monoisotopic (exact) mass is 211 g/mol. The zero-order chi connectivity index (χ0) is 11.3. The van der Waals surface area contributed by atoms with Gasteiger partial charge in [-0.15, -0.1) is 0 Å². The molecular weight excluding hydrogens is 198 g/mol. The Morgan fingerprint density at radius 3 is 2.00 bits per heavy atom. The molecule has 0 aliphatic carbocycles. The summed E-state index contributed by atoms with van der Waals surface area (Å²) >= 11 is 0. The average molecular weight is 211 g/mol. The third-order valence-electron chi connectivity index (χ3n) is 1.63. The fourth-order valence-corrected chi connectivity index (χ4v) is 0.744. The van der Waals surface area contributed by atoms with Gasteiger partial charge in [0, 0.05) is 0 Å². The molecule has 0 heterocycles. The van der Waals surface area contributed by atoms with Crippen molar-refractivity contribution in [3.05, 3.63) is 0 Å². The first-order chi connectivity index (χ1) is 6.45. The molecular formula is C6H13NO7. The second-order valence-corrected chi connectivity index (χ2v) is 2.65. The predicted molar refractivity (Wildman–Crippen MR) is 41.0 cm³/mol. The van der Waals surface area contributed by atoms with Crippen LogP contribution >= 0.6 is 0 Å². The lowest BCUT2D eigenvalue weighted by Gasteiger charge is -2.24. The molecule has 4 atom stereocenters. The minimum absolute atomic E-state index is 0.842. The maximum absolute atomic E-state index is 10.5. The van der Waals surface area contributed by atoms with E-state index in [0.29, 0.717) is 0 Å². The van der Waals surface area contributed by atoms with Crippen molar-refractivity contribution in [2.75, 3.05) is 6.61 Å². The van der Waals surface area contributed by atoms with Crippen molar-refractivity contribution in [3.8, 4) is 0 Å².